The molecule has 0 aliphatic carbocycles. The van der Waals surface area contributed by atoms with E-state index in [2.05, 4.69) is 55.6 Å². The van der Waals surface area contributed by atoms with Crippen molar-refractivity contribution < 1.29 is 0 Å². The minimum absolute atomic E-state index is 0.398. The summed E-state index contributed by atoms with van der Waals surface area (Å²) in [6.07, 6.45) is 0. The fourth-order valence-corrected chi connectivity index (χ4v) is 2.39. The first-order valence-electron chi connectivity index (χ1n) is 6.72. The van der Waals surface area contributed by atoms with Gasteiger partial charge in [0.05, 0.1) is 17.1 Å². The number of aryl methyl sites for hydroxylation is 1. The van der Waals surface area contributed by atoms with Crippen LogP contribution in [0.1, 0.15) is 18.1 Å². The molecule has 2 aromatic carbocycles. The highest BCUT2D eigenvalue weighted by Gasteiger charge is 2.17. The van der Waals surface area contributed by atoms with Gasteiger partial charge in [-0.3, -0.25) is 4.99 Å². The summed E-state index contributed by atoms with van der Waals surface area (Å²) in [4.78, 5) is 4.87. The van der Waals surface area contributed by atoms with Crippen LogP contribution in [-0.2, 0) is 0 Å². The number of nitrogens with one attached hydrogen (secondary N) is 1. The molecule has 96 valence electrons. The number of nitrogens with zero attached hydrogens (tertiary/aromatic N) is 1. The maximum absolute atomic E-state index is 4.87. The zero-order valence-electron chi connectivity index (χ0n) is 11.4. The second-order valence-corrected chi connectivity index (χ2v) is 5.16. The Kier molecular flexibility index (Phi) is 3.08. The van der Waals surface area contributed by atoms with Crippen LogP contribution in [0.4, 0.5) is 11.4 Å². The summed E-state index contributed by atoms with van der Waals surface area (Å²) in [7, 11) is 0. The predicted octanol–water partition coefficient (Wildman–Crippen LogP) is 4.18. The maximum Gasteiger partial charge on any atom is 0.0864 e. The van der Waals surface area contributed by atoms with E-state index in [1.807, 2.05) is 12.1 Å². The van der Waals surface area contributed by atoms with Gasteiger partial charge in [0.25, 0.3) is 0 Å². The van der Waals surface area contributed by atoms with E-state index in [4.69, 9.17) is 4.99 Å². The molecule has 0 fully saturated rings. The van der Waals surface area contributed by atoms with E-state index in [0.29, 0.717) is 5.92 Å². The highest BCUT2D eigenvalue weighted by Crippen LogP contribution is 2.29. The van der Waals surface area contributed by atoms with E-state index < -0.39 is 0 Å². The Hall–Kier alpha value is -2.09. The summed E-state index contributed by atoms with van der Waals surface area (Å²) in [5.74, 6) is 0.398. The second-order valence-electron chi connectivity index (χ2n) is 5.16. The Morgan fingerprint density at radius 2 is 1.79 bits per heavy atom. The molecule has 0 radical (unpaired) electrons. The van der Waals surface area contributed by atoms with Crippen molar-refractivity contribution in [3.63, 3.8) is 0 Å². The van der Waals surface area contributed by atoms with Gasteiger partial charge in [-0.15, -0.1) is 0 Å². The molecule has 0 aromatic heterocycles. The van der Waals surface area contributed by atoms with Crippen LogP contribution >= 0.6 is 0 Å². The fraction of sp³-hybridized carbons (Fsp3) is 0.235. The zero-order valence-corrected chi connectivity index (χ0v) is 11.4. The van der Waals surface area contributed by atoms with Crippen LogP contribution in [0.5, 0.6) is 0 Å². The summed E-state index contributed by atoms with van der Waals surface area (Å²) in [5.41, 5.74) is 5.82. The quantitative estimate of drug-likeness (QED) is 0.806. The normalized spacial score (nSPS) is 18.0. The predicted molar refractivity (Wildman–Crippen MR) is 81.5 cm³/mol. The van der Waals surface area contributed by atoms with E-state index in [-0.39, 0.29) is 0 Å². The van der Waals surface area contributed by atoms with Gasteiger partial charge in [0.15, 0.2) is 0 Å². The number of aliphatic imine (C=N–C) groups is 1. The summed E-state index contributed by atoms with van der Waals surface area (Å²) in [6.45, 7) is 5.25. The second kappa shape index (κ2) is 4.88. The molecule has 0 amide bonds. The van der Waals surface area contributed by atoms with Crippen molar-refractivity contribution in [2.75, 3.05) is 11.9 Å². The Morgan fingerprint density at radius 3 is 2.58 bits per heavy atom. The highest BCUT2D eigenvalue weighted by atomic mass is 14.9. The minimum atomic E-state index is 0.398. The number of para-hydroxylation sites is 2. The van der Waals surface area contributed by atoms with E-state index in [9.17, 15) is 0 Å². The lowest BCUT2D eigenvalue weighted by molar-refractivity contribution is 0.823. The van der Waals surface area contributed by atoms with Gasteiger partial charge < -0.3 is 5.32 Å². The molecule has 1 aliphatic rings. The third kappa shape index (κ3) is 2.39. The Labute approximate surface area is 114 Å². The van der Waals surface area contributed by atoms with E-state index in [1.54, 1.807) is 0 Å². The molecule has 19 heavy (non-hydrogen) atoms. The van der Waals surface area contributed by atoms with Gasteiger partial charge >= 0.3 is 0 Å². The fourth-order valence-electron chi connectivity index (χ4n) is 2.39. The third-order valence-corrected chi connectivity index (χ3v) is 3.56. The van der Waals surface area contributed by atoms with E-state index in [0.717, 1.165) is 23.6 Å². The molecule has 1 atom stereocenters. The van der Waals surface area contributed by atoms with Gasteiger partial charge in [0.1, 0.15) is 0 Å². The Balaban J connectivity index is 2.08. The average molecular weight is 250 g/mol. The molecule has 2 heteroatoms. The molecular formula is C17H18N2. The van der Waals surface area contributed by atoms with Crippen LogP contribution in [-0.4, -0.2) is 12.3 Å². The minimum Gasteiger partial charge on any atom is -0.383 e. The van der Waals surface area contributed by atoms with Gasteiger partial charge in [-0.1, -0.05) is 48.9 Å². The topological polar surface area (TPSA) is 24.4 Å². The summed E-state index contributed by atoms with van der Waals surface area (Å²) in [6, 6.07) is 16.9. The number of fused-ring (bicyclic) bond motifs is 1. The molecule has 0 spiro atoms. The van der Waals surface area contributed by atoms with Gasteiger partial charge in [-0.2, -0.15) is 0 Å². The van der Waals surface area contributed by atoms with Crippen molar-refractivity contribution in [3.05, 3.63) is 59.7 Å². The van der Waals surface area contributed by atoms with Crippen molar-refractivity contribution >= 4 is 17.1 Å². The van der Waals surface area contributed by atoms with E-state index in [1.165, 1.54) is 11.1 Å². The van der Waals surface area contributed by atoms with Crippen LogP contribution in [0.3, 0.4) is 0 Å². The van der Waals surface area contributed by atoms with Gasteiger partial charge in [0, 0.05) is 12.5 Å². The molecular weight excluding hydrogens is 232 g/mol. The summed E-state index contributed by atoms with van der Waals surface area (Å²) >= 11 is 0. The maximum atomic E-state index is 4.87. The van der Waals surface area contributed by atoms with Crippen molar-refractivity contribution in [3.8, 4) is 0 Å². The lowest BCUT2D eigenvalue weighted by Gasteiger charge is -2.13. The smallest absolute Gasteiger partial charge is 0.0864 e. The van der Waals surface area contributed by atoms with Gasteiger partial charge in [-0.05, 0) is 24.6 Å². The van der Waals surface area contributed by atoms with Crippen LogP contribution < -0.4 is 5.32 Å². The first kappa shape index (κ1) is 12.0. The largest absolute Gasteiger partial charge is 0.383 e. The first-order chi connectivity index (χ1) is 9.24. The molecule has 2 aromatic rings. The molecule has 0 saturated heterocycles. The molecule has 0 bridgehead atoms. The lowest BCUT2D eigenvalue weighted by Crippen LogP contribution is -2.19. The van der Waals surface area contributed by atoms with Crippen molar-refractivity contribution in [2.45, 2.75) is 13.8 Å². The average Bonchev–Trinajstić information content (AvgIpc) is 2.60. The van der Waals surface area contributed by atoms with Crippen LogP contribution in [0.25, 0.3) is 0 Å². The monoisotopic (exact) mass is 250 g/mol. The Morgan fingerprint density at radius 1 is 1.05 bits per heavy atom. The highest BCUT2D eigenvalue weighted by molar-refractivity contribution is 6.05. The van der Waals surface area contributed by atoms with Crippen LogP contribution in [0.15, 0.2) is 53.5 Å². The molecule has 1 unspecified atom stereocenters. The molecule has 3 rings (SSSR count). The number of benzene rings is 2. The number of hydrogen-bond acceptors (Lipinski definition) is 2. The van der Waals surface area contributed by atoms with Crippen molar-refractivity contribution in [1.82, 2.24) is 0 Å². The molecule has 1 aliphatic heterocycles. The summed E-state index contributed by atoms with van der Waals surface area (Å²) in [5, 5.41) is 3.47. The Bertz CT molecular complexity index is 611. The third-order valence-electron chi connectivity index (χ3n) is 3.56. The molecule has 1 N–H and O–H groups in total. The SMILES string of the molecule is Cc1ccc(C2=Nc3ccccc3NCC2C)cc1. The molecule has 2 nitrogen and oxygen atoms in total. The van der Waals surface area contributed by atoms with Gasteiger partial charge in [-0.25, -0.2) is 0 Å². The standard InChI is InChI=1S/C17H18N2/c1-12-7-9-14(10-8-12)17-13(2)11-18-15-5-3-4-6-16(15)19-17/h3-10,13,18H,11H2,1-2H3. The number of hydrogen-bond donors (Lipinski definition) is 1. The zero-order chi connectivity index (χ0) is 13.2. The first-order valence-corrected chi connectivity index (χ1v) is 6.72. The van der Waals surface area contributed by atoms with Gasteiger partial charge in [0.2, 0.25) is 0 Å². The van der Waals surface area contributed by atoms with E-state index >= 15 is 0 Å². The van der Waals surface area contributed by atoms with Crippen LogP contribution in [0, 0.1) is 12.8 Å². The van der Waals surface area contributed by atoms with Crippen molar-refractivity contribution in [2.24, 2.45) is 10.9 Å². The lowest BCUT2D eigenvalue weighted by atomic mass is 9.97. The van der Waals surface area contributed by atoms with Crippen LogP contribution in [0.2, 0.25) is 0 Å². The molecule has 1 heterocycles. The number of anilines is 1. The van der Waals surface area contributed by atoms with Crippen molar-refractivity contribution in [1.29, 1.82) is 0 Å². The number of rotatable bonds is 1. The molecule has 0 saturated carbocycles. The summed E-state index contributed by atoms with van der Waals surface area (Å²) < 4.78 is 0.